The van der Waals surface area contributed by atoms with E-state index in [1.165, 1.54) is 11.3 Å². The molecular formula is C23H21Cl2F6N5O7S3. The molecule has 4 heterocycles. The standard InChI is InChI=1S/C19H19Cl2N5O3S3.2C2HF3O2/c20-15-3-1-13(30-15)14-2-4-16(31-14)32(28,29)25-12-6-9-26(19(12)27)10-8-23-11-5-7-24-18(22)17(11)21;2*3-2(4,5)1(6)7/h1-5,7,12,25H,6,8-10H2,(H3,22,23,24);2*(H,6,7)/t12-;;/m0../s1. The predicted octanol–water partition coefficient (Wildman–Crippen LogP) is 5.02. The van der Waals surface area contributed by atoms with Crippen LogP contribution in [-0.4, -0.2) is 84.4 Å². The summed E-state index contributed by atoms with van der Waals surface area (Å²) in [6.45, 7) is 1.30. The number of aromatic nitrogens is 1. The number of hydrogen-bond acceptors (Lipinski definition) is 10. The number of thiophene rings is 2. The largest absolute Gasteiger partial charge is 0.490 e. The van der Waals surface area contributed by atoms with Crippen LogP contribution in [0.4, 0.5) is 37.8 Å². The number of nitrogen functional groups attached to an aromatic ring is 1. The predicted molar refractivity (Wildman–Crippen MR) is 157 cm³/mol. The van der Waals surface area contributed by atoms with Crippen LogP contribution in [0.3, 0.4) is 0 Å². The van der Waals surface area contributed by atoms with Crippen molar-refractivity contribution in [2.75, 3.05) is 30.7 Å². The number of aliphatic carboxylic acids is 2. The van der Waals surface area contributed by atoms with Crippen LogP contribution < -0.4 is 15.8 Å². The first-order valence-corrected chi connectivity index (χ1v) is 15.9. The summed E-state index contributed by atoms with van der Waals surface area (Å²) in [7, 11) is -3.82. The molecule has 3 aromatic rings. The van der Waals surface area contributed by atoms with Gasteiger partial charge in [-0.3, -0.25) is 4.79 Å². The van der Waals surface area contributed by atoms with Gasteiger partial charge in [0.25, 0.3) is 10.0 Å². The van der Waals surface area contributed by atoms with Crippen LogP contribution in [-0.2, 0) is 24.4 Å². The first-order chi connectivity index (χ1) is 21.1. The lowest BCUT2D eigenvalue weighted by Gasteiger charge is -2.18. The van der Waals surface area contributed by atoms with E-state index < -0.39 is 40.4 Å². The number of sulfonamides is 1. The molecule has 3 aromatic heterocycles. The van der Waals surface area contributed by atoms with Crippen molar-refractivity contribution < 1.29 is 59.4 Å². The number of nitrogens with one attached hydrogen (secondary N) is 2. The molecule has 1 fully saturated rings. The lowest BCUT2D eigenvalue weighted by Crippen LogP contribution is -2.42. The lowest BCUT2D eigenvalue weighted by molar-refractivity contribution is -0.193. The number of hydrogen-bond donors (Lipinski definition) is 5. The third kappa shape index (κ3) is 11.5. The van der Waals surface area contributed by atoms with E-state index in [-0.39, 0.29) is 15.9 Å². The molecule has 23 heteroatoms. The molecule has 1 atom stereocenters. The molecule has 0 radical (unpaired) electrons. The van der Waals surface area contributed by atoms with Gasteiger partial charge in [-0.15, -0.1) is 22.7 Å². The summed E-state index contributed by atoms with van der Waals surface area (Å²) in [4.78, 5) is 37.7. The topological polar surface area (TPSA) is 192 Å². The maximum atomic E-state index is 12.8. The lowest BCUT2D eigenvalue weighted by atomic mass is 10.3. The Morgan fingerprint density at radius 2 is 1.54 bits per heavy atom. The van der Waals surface area contributed by atoms with Gasteiger partial charge in [0, 0.05) is 35.6 Å². The first-order valence-electron chi connectivity index (χ1n) is 12.0. The Labute approximate surface area is 273 Å². The molecule has 254 valence electrons. The SMILES string of the molecule is Nc1nccc(NCCN2CC[C@H](NS(=O)(=O)c3ccc(-c4ccc(Cl)s4)s3)C2=O)c1Cl.O=C(O)C(F)(F)F.O=C(O)C(F)(F)F. The minimum absolute atomic E-state index is 0.162. The monoisotopic (exact) mass is 759 g/mol. The van der Waals surface area contributed by atoms with Gasteiger partial charge < -0.3 is 26.2 Å². The number of carboxylic acids is 2. The van der Waals surface area contributed by atoms with Crippen molar-refractivity contribution in [3.63, 3.8) is 0 Å². The van der Waals surface area contributed by atoms with E-state index in [1.54, 1.807) is 35.4 Å². The highest BCUT2D eigenvalue weighted by molar-refractivity contribution is 7.91. The summed E-state index contributed by atoms with van der Waals surface area (Å²) in [6.07, 6.45) is -8.22. The van der Waals surface area contributed by atoms with Crippen LogP contribution >= 0.6 is 45.9 Å². The van der Waals surface area contributed by atoms with Crippen molar-refractivity contribution in [2.45, 2.75) is 29.0 Å². The second-order valence-electron chi connectivity index (χ2n) is 8.60. The zero-order valence-electron chi connectivity index (χ0n) is 22.5. The van der Waals surface area contributed by atoms with E-state index in [0.717, 1.165) is 21.1 Å². The van der Waals surface area contributed by atoms with E-state index in [4.69, 9.17) is 48.7 Å². The van der Waals surface area contributed by atoms with Crippen LogP contribution in [0.25, 0.3) is 9.75 Å². The Hall–Kier alpha value is -3.37. The fourth-order valence-corrected chi connectivity index (χ4v) is 7.14. The number of carbonyl (C=O) groups excluding carboxylic acids is 1. The van der Waals surface area contributed by atoms with Crippen LogP contribution in [0.2, 0.25) is 9.36 Å². The van der Waals surface area contributed by atoms with E-state index >= 15 is 0 Å². The molecule has 4 rings (SSSR count). The number of likely N-dealkylation sites (tertiary alicyclic amines) is 1. The number of halogens is 8. The third-order valence-corrected chi connectivity index (χ3v) is 10.2. The summed E-state index contributed by atoms with van der Waals surface area (Å²) in [5.41, 5.74) is 6.31. The summed E-state index contributed by atoms with van der Waals surface area (Å²) < 4.78 is 92.5. The van der Waals surface area contributed by atoms with Crippen LogP contribution in [0.5, 0.6) is 0 Å². The highest BCUT2D eigenvalue weighted by Crippen LogP contribution is 2.37. The number of carbonyl (C=O) groups is 3. The molecule has 0 unspecified atom stereocenters. The highest BCUT2D eigenvalue weighted by Gasteiger charge is 2.39. The van der Waals surface area contributed by atoms with Gasteiger partial charge in [-0.2, -0.15) is 31.1 Å². The molecule has 6 N–H and O–H groups in total. The van der Waals surface area contributed by atoms with E-state index in [0.29, 0.717) is 41.1 Å². The highest BCUT2D eigenvalue weighted by atomic mass is 35.5. The quantitative estimate of drug-likeness (QED) is 0.195. The first kappa shape index (κ1) is 38.8. The number of amides is 1. The normalized spacial score (nSPS) is 15.0. The maximum Gasteiger partial charge on any atom is 0.490 e. The van der Waals surface area contributed by atoms with Crippen molar-refractivity contribution >= 4 is 85.2 Å². The average molecular weight is 761 g/mol. The number of anilines is 2. The fourth-order valence-electron chi connectivity index (χ4n) is 3.28. The van der Waals surface area contributed by atoms with Gasteiger partial charge in [-0.1, -0.05) is 23.2 Å². The number of nitrogens with zero attached hydrogens (tertiary/aromatic N) is 2. The Kier molecular flexibility index (Phi) is 13.5. The van der Waals surface area contributed by atoms with E-state index in [9.17, 15) is 39.6 Å². The molecular weight excluding hydrogens is 739 g/mol. The van der Waals surface area contributed by atoms with Gasteiger partial charge >= 0.3 is 24.3 Å². The second-order valence-corrected chi connectivity index (χ2v) is 13.7. The van der Waals surface area contributed by atoms with Crippen molar-refractivity contribution in [3.05, 3.63) is 45.9 Å². The number of rotatable bonds is 8. The molecule has 46 heavy (non-hydrogen) atoms. The molecule has 1 saturated heterocycles. The zero-order valence-corrected chi connectivity index (χ0v) is 26.5. The molecule has 12 nitrogen and oxygen atoms in total. The molecule has 0 aliphatic carbocycles. The molecule has 0 spiro atoms. The van der Waals surface area contributed by atoms with Crippen LogP contribution in [0.1, 0.15) is 6.42 Å². The number of nitrogens with two attached hydrogens (primary N) is 1. The van der Waals surface area contributed by atoms with Gasteiger partial charge in [0.2, 0.25) is 5.91 Å². The van der Waals surface area contributed by atoms with Crippen LogP contribution in [0, 0.1) is 0 Å². The van der Waals surface area contributed by atoms with Gasteiger partial charge in [-0.25, -0.2) is 23.0 Å². The van der Waals surface area contributed by atoms with Gasteiger partial charge in [-0.05, 0) is 36.8 Å². The smallest absolute Gasteiger partial charge is 0.475 e. The van der Waals surface area contributed by atoms with Crippen molar-refractivity contribution in [1.29, 1.82) is 0 Å². The summed E-state index contributed by atoms with van der Waals surface area (Å²) in [5.74, 6) is -5.54. The zero-order chi connectivity index (χ0) is 35.0. The average Bonchev–Trinajstić information content (AvgIpc) is 3.68. The number of carboxylic acid groups (broad SMARTS) is 2. The molecule has 0 bridgehead atoms. The summed E-state index contributed by atoms with van der Waals surface area (Å²) >= 11 is 14.6. The van der Waals surface area contributed by atoms with Gasteiger partial charge in [0.15, 0.2) is 0 Å². The Balaban J connectivity index is 0.000000440. The van der Waals surface area contributed by atoms with Crippen molar-refractivity contribution in [3.8, 4) is 9.75 Å². The fraction of sp³-hybridized carbons (Fsp3) is 0.304. The minimum Gasteiger partial charge on any atom is -0.475 e. The van der Waals surface area contributed by atoms with Crippen molar-refractivity contribution in [2.24, 2.45) is 0 Å². The van der Waals surface area contributed by atoms with Crippen molar-refractivity contribution in [1.82, 2.24) is 14.6 Å². The number of pyridine rings is 1. The third-order valence-electron chi connectivity index (χ3n) is 5.36. The summed E-state index contributed by atoms with van der Waals surface area (Å²) in [6, 6.07) is 7.81. The summed E-state index contributed by atoms with van der Waals surface area (Å²) in [5, 5.41) is 17.7. The second kappa shape index (κ2) is 16.0. The Morgan fingerprint density at radius 1 is 1.00 bits per heavy atom. The minimum atomic E-state index is -5.08. The Bertz CT molecular complexity index is 1630. The molecule has 0 aromatic carbocycles. The van der Waals surface area contributed by atoms with Gasteiger partial charge in [0.1, 0.15) is 21.1 Å². The maximum absolute atomic E-state index is 12.8. The molecule has 1 aliphatic heterocycles. The molecule has 1 aliphatic rings. The van der Waals surface area contributed by atoms with E-state index in [2.05, 4.69) is 15.0 Å². The van der Waals surface area contributed by atoms with E-state index in [1.807, 2.05) is 6.07 Å². The Morgan fingerprint density at radius 3 is 2.07 bits per heavy atom. The van der Waals surface area contributed by atoms with Crippen LogP contribution in [0.15, 0.2) is 40.7 Å². The number of alkyl halides is 6. The molecule has 1 amide bonds. The molecule has 0 saturated carbocycles. The van der Waals surface area contributed by atoms with Gasteiger partial charge in [0.05, 0.1) is 10.0 Å².